The average Bonchev–Trinajstić information content (AvgIpc) is 2.69. The van der Waals surface area contributed by atoms with Gasteiger partial charge in [-0.2, -0.15) is 5.26 Å². The molecule has 1 fully saturated rings. The number of carbonyl (C=O) groups excluding carboxylic acids is 1. The van der Waals surface area contributed by atoms with Crippen LogP contribution in [0.4, 0.5) is 13.2 Å². The molecule has 0 saturated heterocycles. The van der Waals surface area contributed by atoms with Gasteiger partial charge >= 0.3 is 6.36 Å². The van der Waals surface area contributed by atoms with Gasteiger partial charge in [-0.25, -0.2) is 9.97 Å². The van der Waals surface area contributed by atoms with Crippen LogP contribution >= 0.6 is 0 Å². The summed E-state index contributed by atoms with van der Waals surface area (Å²) in [4.78, 5) is 20.3. The monoisotopic (exact) mass is 406 g/mol. The van der Waals surface area contributed by atoms with Crippen LogP contribution in [0.1, 0.15) is 41.7 Å². The van der Waals surface area contributed by atoms with E-state index >= 15 is 0 Å². The van der Waals surface area contributed by atoms with Gasteiger partial charge in [-0.1, -0.05) is 12.1 Å². The van der Waals surface area contributed by atoms with Gasteiger partial charge in [0.1, 0.15) is 17.9 Å². The molecule has 0 atom stereocenters. The van der Waals surface area contributed by atoms with Crippen LogP contribution in [0.25, 0.3) is 0 Å². The van der Waals surface area contributed by atoms with E-state index in [9.17, 15) is 18.0 Å². The lowest BCUT2D eigenvalue weighted by atomic mass is 9.92. The molecular weight excluding hydrogens is 389 g/mol. The number of rotatable bonds is 5. The lowest BCUT2D eigenvalue weighted by molar-refractivity contribution is -0.274. The van der Waals surface area contributed by atoms with Gasteiger partial charge in [0.25, 0.3) is 11.8 Å². The predicted octanol–water partition coefficient (Wildman–Crippen LogP) is 3.37. The van der Waals surface area contributed by atoms with Crippen molar-refractivity contribution < 1.29 is 27.4 Å². The number of para-hydroxylation sites is 1. The van der Waals surface area contributed by atoms with Gasteiger partial charge in [0.05, 0.1) is 5.56 Å². The largest absolute Gasteiger partial charge is 0.573 e. The molecule has 0 bridgehead atoms. The molecule has 152 valence electrons. The van der Waals surface area contributed by atoms with Gasteiger partial charge in [0, 0.05) is 18.4 Å². The minimum absolute atomic E-state index is 0.101. The Morgan fingerprint density at radius 2 is 1.83 bits per heavy atom. The molecule has 0 radical (unpaired) electrons. The van der Waals surface area contributed by atoms with E-state index in [1.54, 1.807) is 0 Å². The lowest BCUT2D eigenvalue weighted by Gasteiger charge is -2.29. The number of alkyl halides is 3. The summed E-state index contributed by atoms with van der Waals surface area (Å²) in [5.41, 5.74) is -0.0781. The number of nitrogens with one attached hydrogen (secondary N) is 1. The Balaban J connectivity index is 1.56. The summed E-state index contributed by atoms with van der Waals surface area (Å²) in [6.45, 7) is 0. The van der Waals surface area contributed by atoms with E-state index in [0.29, 0.717) is 25.7 Å². The highest BCUT2D eigenvalue weighted by Gasteiger charge is 2.33. The Morgan fingerprint density at radius 3 is 2.52 bits per heavy atom. The fourth-order valence-corrected chi connectivity index (χ4v) is 3.10. The van der Waals surface area contributed by atoms with Crippen LogP contribution in [0.15, 0.2) is 36.7 Å². The first-order valence-corrected chi connectivity index (χ1v) is 8.89. The topological polar surface area (TPSA) is 97.1 Å². The van der Waals surface area contributed by atoms with E-state index in [2.05, 4.69) is 20.0 Å². The molecule has 7 nitrogen and oxygen atoms in total. The van der Waals surface area contributed by atoms with Crippen LogP contribution in [0.3, 0.4) is 0 Å². The zero-order valence-corrected chi connectivity index (χ0v) is 15.1. The zero-order valence-electron chi connectivity index (χ0n) is 15.1. The quantitative estimate of drug-likeness (QED) is 0.818. The van der Waals surface area contributed by atoms with Crippen molar-refractivity contribution in [3.05, 3.63) is 47.9 Å². The Kier molecular flexibility index (Phi) is 6.16. The number of carbonyl (C=O) groups is 1. The van der Waals surface area contributed by atoms with Gasteiger partial charge in [-0.05, 0) is 37.8 Å². The fourth-order valence-electron chi connectivity index (χ4n) is 3.10. The summed E-state index contributed by atoms with van der Waals surface area (Å²) in [5.74, 6) is -1.00. The van der Waals surface area contributed by atoms with E-state index in [1.807, 2.05) is 6.07 Å². The van der Waals surface area contributed by atoms with Crippen molar-refractivity contribution in [3.8, 4) is 17.7 Å². The van der Waals surface area contributed by atoms with Crippen LogP contribution in [0.5, 0.6) is 11.6 Å². The maximum Gasteiger partial charge on any atom is 0.573 e. The summed E-state index contributed by atoms with van der Waals surface area (Å²) < 4.78 is 47.2. The molecule has 2 aromatic rings. The maximum absolute atomic E-state index is 12.5. The molecule has 1 N–H and O–H groups in total. The number of benzene rings is 1. The second kappa shape index (κ2) is 8.77. The lowest BCUT2D eigenvalue weighted by Crippen LogP contribution is -2.40. The Morgan fingerprint density at radius 1 is 1.14 bits per heavy atom. The van der Waals surface area contributed by atoms with Crippen molar-refractivity contribution in [3.63, 3.8) is 0 Å². The molecule has 1 aromatic carbocycles. The van der Waals surface area contributed by atoms with E-state index in [0.717, 1.165) is 6.07 Å². The Bertz CT molecular complexity index is 906. The van der Waals surface area contributed by atoms with E-state index in [4.69, 9.17) is 10.00 Å². The molecule has 0 spiro atoms. The normalized spacial score (nSPS) is 19.1. The first-order valence-electron chi connectivity index (χ1n) is 8.89. The molecule has 1 aliphatic carbocycles. The number of amides is 1. The third-order valence-corrected chi connectivity index (χ3v) is 4.42. The number of halogens is 3. The Labute approximate surface area is 164 Å². The molecule has 1 amide bonds. The molecule has 0 unspecified atom stereocenters. The van der Waals surface area contributed by atoms with Gasteiger partial charge in [0.2, 0.25) is 5.69 Å². The second-order valence-corrected chi connectivity index (χ2v) is 6.43. The third-order valence-electron chi connectivity index (χ3n) is 4.42. The van der Waals surface area contributed by atoms with Crippen molar-refractivity contribution >= 4 is 5.91 Å². The summed E-state index contributed by atoms with van der Waals surface area (Å²) in [5, 5.41) is 11.8. The average molecular weight is 406 g/mol. The van der Waals surface area contributed by atoms with Crippen LogP contribution < -0.4 is 14.8 Å². The minimum Gasteiger partial charge on any atom is -0.472 e. The molecule has 0 aliphatic heterocycles. The third kappa shape index (κ3) is 5.57. The summed E-state index contributed by atoms with van der Waals surface area (Å²) in [7, 11) is 0. The first-order chi connectivity index (χ1) is 13.9. The molecule has 10 heteroatoms. The summed E-state index contributed by atoms with van der Waals surface area (Å²) in [6.07, 6.45) is 0.0875. The van der Waals surface area contributed by atoms with E-state index in [1.165, 1.54) is 30.6 Å². The molecule has 1 aliphatic rings. The summed E-state index contributed by atoms with van der Waals surface area (Å²) in [6, 6.07) is 6.91. The zero-order chi connectivity index (χ0) is 20.9. The van der Waals surface area contributed by atoms with Gasteiger partial charge in [-0.15, -0.1) is 13.2 Å². The van der Waals surface area contributed by atoms with Crippen molar-refractivity contribution in [1.29, 1.82) is 5.26 Å². The predicted molar refractivity (Wildman–Crippen MR) is 94.0 cm³/mol. The smallest absolute Gasteiger partial charge is 0.472 e. The molecular formula is C19H17F3N4O3. The van der Waals surface area contributed by atoms with Gasteiger partial charge < -0.3 is 14.8 Å². The van der Waals surface area contributed by atoms with Crippen LogP contribution in [-0.4, -0.2) is 34.4 Å². The Hall–Kier alpha value is -3.35. The van der Waals surface area contributed by atoms with Crippen LogP contribution in [0, 0.1) is 11.3 Å². The number of nitrogens with zero attached hydrogens (tertiary/aromatic N) is 3. The van der Waals surface area contributed by atoms with Crippen molar-refractivity contribution in [2.24, 2.45) is 0 Å². The van der Waals surface area contributed by atoms with Crippen molar-refractivity contribution in [2.75, 3.05) is 0 Å². The standard InChI is InChI=1S/C19H17F3N4O3/c20-19(21,22)29-16-4-2-1-3-14(16)17(27)26-12-5-7-13(8-6-12)28-18-15(11-23)24-9-10-25-18/h1-4,9-10,12-13H,5-8H2,(H,26,27). The van der Waals surface area contributed by atoms with Gasteiger partial charge in [0.15, 0.2) is 0 Å². The van der Waals surface area contributed by atoms with Gasteiger partial charge in [-0.3, -0.25) is 4.79 Å². The number of hydrogen-bond acceptors (Lipinski definition) is 6. The van der Waals surface area contributed by atoms with Crippen LogP contribution in [-0.2, 0) is 0 Å². The highest BCUT2D eigenvalue weighted by atomic mass is 19.4. The van der Waals surface area contributed by atoms with Crippen molar-refractivity contribution in [2.45, 2.75) is 44.2 Å². The van der Waals surface area contributed by atoms with E-state index < -0.39 is 18.0 Å². The number of nitriles is 1. The number of hydrogen-bond donors (Lipinski definition) is 1. The summed E-state index contributed by atoms with van der Waals surface area (Å²) >= 11 is 0. The number of ether oxygens (including phenoxy) is 2. The molecule has 29 heavy (non-hydrogen) atoms. The highest BCUT2D eigenvalue weighted by molar-refractivity contribution is 5.97. The van der Waals surface area contributed by atoms with Crippen molar-refractivity contribution in [1.82, 2.24) is 15.3 Å². The highest BCUT2D eigenvalue weighted by Crippen LogP contribution is 2.28. The molecule has 1 heterocycles. The van der Waals surface area contributed by atoms with Crippen LogP contribution in [0.2, 0.25) is 0 Å². The van der Waals surface area contributed by atoms with E-state index in [-0.39, 0.29) is 29.3 Å². The first kappa shape index (κ1) is 20.4. The SMILES string of the molecule is N#Cc1nccnc1OC1CCC(NC(=O)c2ccccc2OC(F)(F)F)CC1. The molecule has 3 rings (SSSR count). The maximum atomic E-state index is 12.5. The number of aromatic nitrogens is 2. The minimum atomic E-state index is -4.88. The molecule has 1 saturated carbocycles. The molecule has 1 aromatic heterocycles. The fraction of sp³-hybridized carbons (Fsp3) is 0.368. The second-order valence-electron chi connectivity index (χ2n) is 6.43.